The first kappa shape index (κ1) is 28.3. The summed E-state index contributed by atoms with van der Waals surface area (Å²) < 4.78 is 19.9. The summed E-state index contributed by atoms with van der Waals surface area (Å²) in [7, 11) is 0. The summed E-state index contributed by atoms with van der Waals surface area (Å²) in [5.74, 6) is -0.656. The normalized spacial score (nSPS) is 19.0. The van der Waals surface area contributed by atoms with Crippen molar-refractivity contribution in [1.82, 2.24) is 15.3 Å². The number of rotatable bonds is 5. The molecule has 10 nitrogen and oxygen atoms in total. The van der Waals surface area contributed by atoms with Crippen molar-refractivity contribution in [3.8, 4) is 0 Å². The first-order valence-electron chi connectivity index (χ1n) is 13.0. The molecule has 2 aliphatic heterocycles. The number of nitrogens with one attached hydrogen (secondary N) is 1. The maximum atomic E-state index is 12.8. The van der Waals surface area contributed by atoms with Gasteiger partial charge in [0.15, 0.2) is 0 Å². The van der Waals surface area contributed by atoms with E-state index in [-0.39, 0.29) is 26.2 Å². The molecule has 0 bridgehead atoms. The number of benzene rings is 1. The van der Waals surface area contributed by atoms with Crippen LogP contribution in [0.2, 0.25) is 0 Å². The molecule has 2 saturated heterocycles. The predicted molar refractivity (Wildman–Crippen MR) is 150 cm³/mol. The fourth-order valence-electron chi connectivity index (χ4n) is 4.61. The van der Waals surface area contributed by atoms with E-state index < -0.39 is 23.4 Å². The van der Waals surface area contributed by atoms with E-state index in [0.29, 0.717) is 37.1 Å². The van der Waals surface area contributed by atoms with Gasteiger partial charge in [-0.2, -0.15) is 0 Å². The van der Waals surface area contributed by atoms with Crippen molar-refractivity contribution in [1.29, 1.82) is 0 Å². The van der Waals surface area contributed by atoms with Crippen LogP contribution in [-0.4, -0.2) is 81.0 Å². The third-order valence-electron chi connectivity index (χ3n) is 6.62. The molecular formula is C27H32BrN3O7Se. The Hall–Kier alpha value is -2.21. The van der Waals surface area contributed by atoms with Crippen LogP contribution in [0.25, 0.3) is 20.6 Å². The standard InChI is InChI=1S/C27H32BrN3O7Se/c1-27(2,3)37-26(34)31-11-9-30(10-12-31)15-19-21(28)17-8-7-16-14-18(25(33)36-22(16)23(17)39-19)24(32)29-38-20-6-4-5-13-35-20/h7-8,14,20H,4-6,9-13,15H2,1-3H3,(H,29,32)/t20-/m0/s1. The molecule has 0 spiro atoms. The van der Waals surface area contributed by atoms with Gasteiger partial charge in [-0.1, -0.05) is 0 Å². The van der Waals surface area contributed by atoms with Crippen LogP contribution in [0.3, 0.4) is 0 Å². The molecule has 5 rings (SSSR count). The molecule has 210 valence electrons. The molecule has 1 atom stereocenters. The monoisotopic (exact) mass is 669 g/mol. The zero-order chi connectivity index (χ0) is 27.7. The Morgan fingerprint density at radius 1 is 1.18 bits per heavy atom. The quantitative estimate of drug-likeness (QED) is 0.247. The van der Waals surface area contributed by atoms with Crippen LogP contribution < -0.4 is 11.1 Å². The molecule has 2 fully saturated rings. The Bertz CT molecular complexity index is 1430. The summed E-state index contributed by atoms with van der Waals surface area (Å²) in [6, 6.07) is 5.41. The molecule has 3 aromatic rings. The average Bonchev–Trinajstić information content (AvgIpc) is 3.22. The van der Waals surface area contributed by atoms with Crippen LogP contribution in [0.4, 0.5) is 4.79 Å². The third-order valence-corrected chi connectivity index (χ3v) is 10.6. The summed E-state index contributed by atoms with van der Waals surface area (Å²) in [6.45, 7) is 9.66. The molecule has 0 aliphatic carbocycles. The summed E-state index contributed by atoms with van der Waals surface area (Å²) in [5.41, 5.74) is 1.51. The van der Waals surface area contributed by atoms with Crippen LogP contribution in [0.15, 0.2) is 31.9 Å². The van der Waals surface area contributed by atoms with Gasteiger partial charge >= 0.3 is 241 Å². The average molecular weight is 669 g/mol. The van der Waals surface area contributed by atoms with Crippen molar-refractivity contribution in [3.05, 3.63) is 43.1 Å². The van der Waals surface area contributed by atoms with Gasteiger partial charge in [0.05, 0.1) is 0 Å². The van der Waals surface area contributed by atoms with E-state index in [0.717, 1.165) is 46.6 Å². The van der Waals surface area contributed by atoms with Gasteiger partial charge in [-0.05, 0) is 0 Å². The van der Waals surface area contributed by atoms with Gasteiger partial charge in [0.1, 0.15) is 0 Å². The number of carbonyl (C=O) groups excluding carboxylic acids is 2. The number of hydrogen-bond acceptors (Lipinski definition) is 8. The zero-order valence-corrected chi connectivity index (χ0v) is 25.5. The van der Waals surface area contributed by atoms with Crippen molar-refractivity contribution >= 4 is 63.0 Å². The molecule has 0 radical (unpaired) electrons. The van der Waals surface area contributed by atoms with E-state index in [1.165, 1.54) is 4.44 Å². The molecule has 0 unspecified atom stereocenters. The predicted octanol–water partition coefficient (Wildman–Crippen LogP) is 4.01. The number of hydrogen-bond donors (Lipinski definition) is 1. The van der Waals surface area contributed by atoms with Crippen molar-refractivity contribution < 1.29 is 28.3 Å². The third kappa shape index (κ3) is 6.58. The molecule has 2 amide bonds. The molecule has 12 heteroatoms. The fraction of sp³-hybridized carbons (Fsp3) is 0.519. The summed E-state index contributed by atoms with van der Waals surface area (Å²) in [6.07, 6.45) is 1.82. The summed E-state index contributed by atoms with van der Waals surface area (Å²) in [5, 5.41) is 1.69. The number of carbonyl (C=O) groups is 2. The number of nitrogens with zero attached hydrogens (tertiary/aromatic N) is 2. The Balaban J connectivity index is 1.29. The van der Waals surface area contributed by atoms with Crippen LogP contribution in [0.5, 0.6) is 0 Å². The summed E-state index contributed by atoms with van der Waals surface area (Å²) in [4.78, 5) is 47.2. The topological polar surface area (TPSA) is 111 Å². The molecular weight excluding hydrogens is 637 g/mol. The second-order valence-corrected chi connectivity index (χ2v) is 13.8. The van der Waals surface area contributed by atoms with Gasteiger partial charge in [0, 0.05) is 0 Å². The first-order chi connectivity index (χ1) is 18.6. The van der Waals surface area contributed by atoms with Gasteiger partial charge < -0.3 is 0 Å². The molecule has 2 aromatic heterocycles. The Labute approximate surface area is 240 Å². The Morgan fingerprint density at radius 3 is 2.64 bits per heavy atom. The maximum absolute atomic E-state index is 12.8. The van der Waals surface area contributed by atoms with E-state index in [9.17, 15) is 14.4 Å². The fourth-order valence-corrected chi connectivity index (χ4v) is 8.35. The SMILES string of the molecule is CC(C)(C)OC(=O)N1CCN(Cc2[se]c3c(ccc4cc(C(=O)NO[C@H]5CCCCO5)c(=O)oc43)c2Br)CC1. The van der Waals surface area contributed by atoms with Crippen molar-refractivity contribution in [2.75, 3.05) is 32.8 Å². The van der Waals surface area contributed by atoms with Crippen molar-refractivity contribution in [2.24, 2.45) is 0 Å². The molecule has 4 heterocycles. The van der Waals surface area contributed by atoms with Gasteiger partial charge in [0.25, 0.3) is 0 Å². The van der Waals surface area contributed by atoms with Gasteiger partial charge in [0.2, 0.25) is 0 Å². The van der Waals surface area contributed by atoms with Crippen LogP contribution in [-0.2, 0) is 20.9 Å². The van der Waals surface area contributed by atoms with Gasteiger partial charge in [-0.3, -0.25) is 0 Å². The molecule has 2 aliphatic rings. The first-order valence-corrected chi connectivity index (χ1v) is 15.6. The molecule has 39 heavy (non-hydrogen) atoms. The second kappa shape index (κ2) is 11.7. The number of hydroxylamine groups is 1. The van der Waals surface area contributed by atoms with Crippen LogP contribution in [0.1, 0.15) is 54.8 Å². The van der Waals surface area contributed by atoms with Crippen molar-refractivity contribution in [2.45, 2.75) is 58.5 Å². The van der Waals surface area contributed by atoms with Gasteiger partial charge in [-0.15, -0.1) is 0 Å². The Morgan fingerprint density at radius 2 is 1.95 bits per heavy atom. The molecule has 1 N–H and O–H groups in total. The van der Waals surface area contributed by atoms with Crippen LogP contribution >= 0.6 is 15.9 Å². The van der Waals surface area contributed by atoms with Crippen LogP contribution in [0, 0.1) is 0 Å². The number of halogens is 1. The number of piperazine rings is 1. The van der Waals surface area contributed by atoms with Crippen molar-refractivity contribution in [3.63, 3.8) is 0 Å². The van der Waals surface area contributed by atoms with E-state index >= 15 is 0 Å². The van der Waals surface area contributed by atoms with Gasteiger partial charge in [-0.25, -0.2) is 0 Å². The van der Waals surface area contributed by atoms with E-state index in [1.807, 2.05) is 32.9 Å². The Kier molecular flexibility index (Phi) is 8.51. The number of ether oxygens (including phenoxy) is 2. The number of amides is 2. The molecule has 0 saturated carbocycles. The molecule has 1 aromatic carbocycles. The van der Waals surface area contributed by atoms with E-state index in [4.69, 9.17) is 18.7 Å². The summed E-state index contributed by atoms with van der Waals surface area (Å²) >= 11 is 3.70. The van der Waals surface area contributed by atoms with E-state index in [1.54, 1.807) is 11.0 Å². The zero-order valence-electron chi connectivity index (χ0n) is 22.2. The minimum atomic E-state index is -0.708. The second-order valence-electron chi connectivity index (χ2n) is 10.7. The number of fused-ring (bicyclic) bond motifs is 3. The van der Waals surface area contributed by atoms with E-state index in [2.05, 4.69) is 26.3 Å². The minimum absolute atomic E-state index is 0.0723.